The molecule has 178 valence electrons. The number of amides is 1. The van der Waals surface area contributed by atoms with Gasteiger partial charge in [-0.05, 0) is 56.2 Å². The second kappa shape index (κ2) is 10.2. The molecule has 0 aliphatic carbocycles. The van der Waals surface area contributed by atoms with Gasteiger partial charge in [-0.15, -0.1) is 0 Å². The molecule has 0 saturated carbocycles. The van der Waals surface area contributed by atoms with Gasteiger partial charge in [0.05, 0.1) is 5.60 Å². The quantitative estimate of drug-likeness (QED) is 0.699. The van der Waals surface area contributed by atoms with E-state index in [1.54, 1.807) is 0 Å². The van der Waals surface area contributed by atoms with Crippen LogP contribution in [-0.2, 0) is 20.9 Å². The van der Waals surface area contributed by atoms with Gasteiger partial charge in [0.15, 0.2) is 0 Å². The number of carbonyl (C=O) groups is 2. The molecule has 1 aromatic carbocycles. The van der Waals surface area contributed by atoms with Crippen molar-refractivity contribution in [3.05, 3.63) is 35.6 Å². The summed E-state index contributed by atoms with van der Waals surface area (Å²) >= 11 is 0. The highest BCUT2D eigenvalue weighted by Gasteiger charge is 2.45. The molecular formula is C22H28F4N2O4. The minimum Gasteiger partial charge on any atom is -0.475 e. The van der Waals surface area contributed by atoms with Gasteiger partial charge in [-0.25, -0.2) is 9.18 Å². The molecule has 3 aliphatic heterocycles. The molecule has 3 saturated heterocycles. The Hall–Kier alpha value is -2.20. The molecule has 10 heteroatoms. The third-order valence-electron chi connectivity index (χ3n) is 6.28. The Balaban J connectivity index is 0.000000360. The summed E-state index contributed by atoms with van der Waals surface area (Å²) < 4.78 is 51.1. The topological polar surface area (TPSA) is 70.1 Å². The number of carbonyl (C=O) groups excluding carboxylic acids is 1. The van der Waals surface area contributed by atoms with Crippen molar-refractivity contribution < 1.29 is 37.0 Å². The average molecular weight is 460 g/mol. The van der Waals surface area contributed by atoms with Crippen LogP contribution in [0.3, 0.4) is 0 Å². The van der Waals surface area contributed by atoms with Crippen molar-refractivity contribution in [2.24, 2.45) is 0 Å². The number of alkyl halides is 3. The fourth-order valence-corrected chi connectivity index (χ4v) is 4.46. The molecule has 1 aromatic rings. The van der Waals surface area contributed by atoms with Gasteiger partial charge in [0, 0.05) is 32.7 Å². The molecule has 0 bridgehead atoms. The molecule has 0 radical (unpaired) electrons. The van der Waals surface area contributed by atoms with Crippen LogP contribution in [0, 0.1) is 5.82 Å². The summed E-state index contributed by atoms with van der Waals surface area (Å²) in [7, 11) is 0. The van der Waals surface area contributed by atoms with E-state index in [4.69, 9.17) is 14.6 Å². The molecule has 1 amide bonds. The Kier molecular flexibility index (Phi) is 7.76. The third kappa shape index (κ3) is 6.41. The molecule has 4 rings (SSSR count). The minimum atomic E-state index is -5.08. The lowest BCUT2D eigenvalue weighted by Crippen LogP contribution is -2.45. The SMILES string of the molecule is O=C(C1CCC2(CCN(Cc3ccc(F)cc3)CC2)O1)N1CCCC1.O=C(O)C(F)(F)F. The first kappa shape index (κ1) is 24.4. The number of benzene rings is 1. The number of aliphatic carboxylic acids is 1. The number of piperidine rings is 1. The number of likely N-dealkylation sites (tertiary alicyclic amines) is 2. The highest BCUT2D eigenvalue weighted by Crippen LogP contribution is 2.40. The summed E-state index contributed by atoms with van der Waals surface area (Å²) in [5, 5.41) is 7.12. The second-order valence-corrected chi connectivity index (χ2v) is 8.57. The Morgan fingerprint density at radius 2 is 1.59 bits per heavy atom. The Morgan fingerprint density at radius 1 is 1.03 bits per heavy atom. The van der Waals surface area contributed by atoms with Crippen LogP contribution in [0.1, 0.15) is 44.1 Å². The van der Waals surface area contributed by atoms with E-state index in [1.165, 1.54) is 12.1 Å². The molecule has 3 aliphatic rings. The van der Waals surface area contributed by atoms with E-state index >= 15 is 0 Å². The van der Waals surface area contributed by atoms with Crippen molar-refractivity contribution in [2.75, 3.05) is 26.2 Å². The molecule has 1 unspecified atom stereocenters. The van der Waals surface area contributed by atoms with Gasteiger partial charge < -0.3 is 14.7 Å². The number of rotatable bonds is 3. The summed E-state index contributed by atoms with van der Waals surface area (Å²) in [6.45, 7) is 4.60. The summed E-state index contributed by atoms with van der Waals surface area (Å²) in [6.07, 6.45) is 0.788. The Labute approximate surface area is 184 Å². The maximum Gasteiger partial charge on any atom is 0.490 e. The fraction of sp³-hybridized carbons (Fsp3) is 0.636. The van der Waals surface area contributed by atoms with Crippen molar-refractivity contribution in [1.82, 2.24) is 9.80 Å². The zero-order valence-corrected chi connectivity index (χ0v) is 17.7. The van der Waals surface area contributed by atoms with Crippen LogP contribution in [0.15, 0.2) is 24.3 Å². The maximum absolute atomic E-state index is 13.0. The van der Waals surface area contributed by atoms with Gasteiger partial charge in [0.1, 0.15) is 11.9 Å². The number of hydrogen-bond acceptors (Lipinski definition) is 4. The van der Waals surface area contributed by atoms with Crippen LogP contribution in [0.4, 0.5) is 17.6 Å². The average Bonchev–Trinajstić information content (AvgIpc) is 3.42. The maximum atomic E-state index is 13.0. The predicted octanol–water partition coefficient (Wildman–Crippen LogP) is 3.60. The van der Waals surface area contributed by atoms with E-state index in [0.29, 0.717) is 0 Å². The van der Waals surface area contributed by atoms with E-state index in [-0.39, 0.29) is 23.4 Å². The first-order valence-corrected chi connectivity index (χ1v) is 10.8. The predicted molar refractivity (Wildman–Crippen MR) is 107 cm³/mol. The number of nitrogens with zero attached hydrogens (tertiary/aromatic N) is 2. The summed E-state index contributed by atoms with van der Waals surface area (Å²) in [6, 6.07) is 6.76. The van der Waals surface area contributed by atoms with Crippen LogP contribution in [0.2, 0.25) is 0 Å². The standard InChI is InChI=1S/C20H27FN2O2.C2HF3O2/c21-17-5-3-16(4-6-17)15-22-13-9-20(10-14-22)8-7-18(25-20)19(24)23-11-1-2-12-23;3-2(4,5)1(6)7/h3-6,18H,1-2,7-15H2;(H,6,7). The summed E-state index contributed by atoms with van der Waals surface area (Å²) in [5.74, 6) is -2.73. The zero-order chi connectivity index (χ0) is 23.4. The lowest BCUT2D eigenvalue weighted by Gasteiger charge is -2.39. The summed E-state index contributed by atoms with van der Waals surface area (Å²) in [5.41, 5.74) is 1.05. The highest BCUT2D eigenvalue weighted by molar-refractivity contribution is 5.81. The zero-order valence-electron chi connectivity index (χ0n) is 17.7. The summed E-state index contributed by atoms with van der Waals surface area (Å²) in [4.78, 5) is 25.8. The van der Waals surface area contributed by atoms with Gasteiger partial charge >= 0.3 is 12.1 Å². The van der Waals surface area contributed by atoms with E-state index in [2.05, 4.69) is 4.90 Å². The van der Waals surface area contributed by atoms with Crippen molar-refractivity contribution in [1.29, 1.82) is 0 Å². The molecule has 0 aromatic heterocycles. The number of halogens is 4. The van der Waals surface area contributed by atoms with Gasteiger partial charge in [-0.2, -0.15) is 13.2 Å². The number of carboxylic acid groups (broad SMARTS) is 1. The number of hydrogen-bond donors (Lipinski definition) is 1. The van der Waals surface area contributed by atoms with Crippen LogP contribution >= 0.6 is 0 Å². The fourth-order valence-electron chi connectivity index (χ4n) is 4.46. The molecule has 1 N–H and O–H groups in total. The second-order valence-electron chi connectivity index (χ2n) is 8.57. The molecule has 3 fully saturated rings. The van der Waals surface area contributed by atoms with Crippen LogP contribution in [0.5, 0.6) is 0 Å². The molecule has 6 nitrogen and oxygen atoms in total. The number of carboxylic acids is 1. The van der Waals surface area contributed by atoms with Crippen LogP contribution in [-0.4, -0.2) is 70.8 Å². The van der Waals surface area contributed by atoms with Crippen molar-refractivity contribution in [3.8, 4) is 0 Å². The number of ether oxygens (including phenoxy) is 1. The monoisotopic (exact) mass is 460 g/mol. The van der Waals surface area contributed by atoms with E-state index in [1.807, 2.05) is 17.0 Å². The molecule has 3 heterocycles. The van der Waals surface area contributed by atoms with E-state index in [0.717, 1.165) is 76.8 Å². The first-order chi connectivity index (χ1) is 15.1. The lowest BCUT2D eigenvalue weighted by molar-refractivity contribution is -0.192. The van der Waals surface area contributed by atoms with Gasteiger partial charge in [0.25, 0.3) is 5.91 Å². The molecule has 32 heavy (non-hydrogen) atoms. The Bertz CT molecular complexity index is 786. The normalized spacial score (nSPS) is 23.1. The van der Waals surface area contributed by atoms with E-state index in [9.17, 15) is 22.4 Å². The van der Waals surface area contributed by atoms with Crippen molar-refractivity contribution >= 4 is 11.9 Å². The van der Waals surface area contributed by atoms with E-state index < -0.39 is 12.1 Å². The highest BCUT2D eigenvalue weighted by atomic mass is 19.4. The van der Waals surface area contributed by atoms with Gasteiger partial charge in [-0.3, -0.25) is 9.69 Å². The van der Waals surface area contributed by atoms with Crippen molar-refractivity contribution in [3.63, 3.8) is 0 Å². The van der Waals surface area contributed by atoms with Crippen molar-refractivity contribution in [2.45, 2.75) is 63.0 Å². The van der Waals surface area contributed by atoms with Gasteiger partial charge in [0.2, 0.25) is 0 Å². The van der Waals surface area contributed by atoms with Gasteiger partial charge in [-0.1, -0.05) is 12.1 Å². The molecular weight excluding hydrogens is 432 g/mol. The lowest BCUT2D eigenvalue weighted by atomic mass is 9.88. The molecule has 1 spiro atoms. The third-order valence-corrected chi connectivity index (χ3v) is 6.28. The largest absolute Gasteiger partial charge is 0.490 e. The van der Waals surface area contributed by atoms with Crippen LogP contribution < -0.4 is 0 Å². The Morgan fingerprint density at radius 3 is 2.12 bits per heavy atom. The minimum absolute atomic E-state index is 0.0979. The first-order valence-electron chi connectivity index (χ1n) is 10.8. The molecule has 1 atom stereocenters. The van der Waals surface area contributed by atoms with Crippen LogP contribution in [0.25, 0.3) is 0 Å². The smallest absolute Gasteiger partial charge is 0.475 e.